The van der Waals surface area contributed by atoms with E-state index < -0.39 is 95.3 Å². The first-order valence-electron chi connectivity index (χ1n) is 16.7. The molecule has 3 aliphatic carbocycles. The minimum atomic E-state index is -1.16. The number of alkyl carbamates (subject to hydrolysis) is 1. The van der Waals surface area contributed by atoms with Crippen LogP contribution in [0.2, 0.25) is 0 Å². The number of Topliss-reactive ketones (excluding diaryl/α,β-unsaturated/α-hetero) is 1. The van der Waals surface area contributed by atoms with E-state index in [2.05, 4.69) is 5.32 Å². The third-order valence-corrected chi connectivity index (χ3v) is 9.94. The molecule has 0 saturated carbocycles. The van der Waals surface area contributed by atoms with Crippen LogP contribution in [-0.2, 0) is 25.4 Å². The molecule has 4 unspecified atom stereocenters. The number of amides is 1. The minimum Gasteiger partial charge on any atom is -0.507 e. The molecule has 1 heterocycles. The molecule has 0 spiro atoms. The smallest absolute Gasteiger partial charge is 0.408 e. The zero-order valence-electron chi connectivity index (χ0n) is 27.3. The van der Waals surface area contributed by atoms with Crippen molar-refractivity contribution in [1.29, 1.82) is 0 Å². The van der Waals surface area contributed by atoms with Crippen molar-refractivity contribution < 1.29 is 58.6 Å². The summed E-state index contributed by atoms with van der Waals surface area (Å²) in [5.41, 5.74) is -0.860. The molecule has 49 heavy (non-hydrogen) atoms. The number of benzene rings is 2. The van der Waals surface area contributed by atoms with Gasteiger partial charge in [0.15, 0.2) is 17.9 Å². The van der Waals surface area contributed by atoms with Gasteiger partial charge in [-0.2, -0.15) is 0 Å². The van der Waals surface area contributed by atoms with Gasteiger partial charge in [-0.25, -0.2) is 4.79 Å². The number of aliphatic hydroxyl groups is 2. The highest BCUT2D eigenvalue weighted by Crippen LogP contribution is 2.51. The summed E-state index contributed by atoms with van der Waals surface area (Å²) in [5, 5.41) is 46.6. The fourth-order valence-corrected chi connectivity index (χ4v) is 7.39. The van der Waals surface area contributed by atoms with Crippen molar-refractivity contribution in [2.75, 3.05) is 13.7 Å². The van der Waals surface area contributed by atoms with Crippen LogP contribution >= 0.6 is 0 Å². The lowest BCUT2D eigenvalue weighted by atomic mass is 9.73. The third-order valence-electron chi connectivity index (χ3n) is 9.94. The largest absolute Gasteiger partial charge is 0.507 e. The van der Waals surface area contributed by atoms with E-state index in [1.165, 1.54) is 25.3 Å². The highest BCUT2D eigenvalue weighted by atomic mass is 16.7. The van der Waals surface area contributed by atoms with E-state index in [-0.39, 0.29) is 47.3 Å². The average molecular weight is 680 g/mol. The van der Waals surface area contributed by atoms with Gasteiger partial charge < -0.3 is 44.7 Å². The van der Waals surface area contributed by atoms with Gasteiger partial charge in [-0.15, -0.1) is 0 Å². The fourth-order valence-electron chi connectivity index (χ4n) is 7.39. The number of aromatic hydroxyl groups is 2. The Hall–Kier alpha value is -4.30. The van der Waals surface area contributed by atoms with Gasteiger partial charge in [0, 0.05) is 29.0 Å². The first kappa shape index (κ1) is 34.6. The van der Waals surface area contributed by atoms with E-state index in [0.29, 0.717) is 6.42 Å². The first-order valence-corrected chi connectivity index (χ1v) is 16.7. The Morgan fingerprint density at radius 1 is 1.02 bits per heavy atom. The van der Waals surface area contributed by atoms with Crippen LogP contribution < -0.4 is 10.1 Å². The molecule has 5 N–H and O–H groups in total. The number of ether oxygens (including phenoxy) is 4. The van der Waals surface area contributed by atoms with Crippen LogP contribution in [0.15, 0.2) is 30.4 Å². The Kier molecular flexibility index (Phi) is 10.1. The summed E-state index contributed by atoms with van der Waals surface area (Å²) in [6, 6.07) is 3.60. The van der Waals surface area contributed by atoms with E-state index in [1.54, 1.807) is 6.92 Å². The number of ketones is 3. The second kappa shape index (κ2) is 14.3. The Morgan fingerprint density at radius 2 is 1.80 bits per heavy atom. The quantitative estimate of drug-likeness (QED) is 0.180. The molecular weight excluding hydrogens is 638 g/mol. The third kappa shape index (κ3) is 6.55. The molecule has 13 heteroatoms. The maximum absolute atomic E-state index is 13.9. The molecule has 13 nitrogen and oxygen atoms in total. The highest BCUT2D eigenvalue weighted by molar-refractivity contribution is 6.31. The maximum atomic E-state index is 13.9. The number of phenolic OH excluding ortho intramolecular Hbond substituents is 2. The zero-order valence-corrected chi connectivity index (χ0v) is 27.3. The number of carbonyl (C=O) groups excluding carboxylic acids is 4. The van der Waals surface area contributed by atoms with Crippen LogP contribution in [0.25, 0.3) is 0 Å². The van der Waals surface area contributed by atoms with Crippen LogP contribution in [0.5, 0.6) is 17.2 Å². The summed E-state index contributed by atoms with van der Waals surface area (Å²) < 4.78 is 23.2. The van der Waals surface area contributed by atoms with Crippen molar-refractivity contribution >= 4 is 23.4 Å². The maximum Gasteiger partial charge on any atom is 0.408 e. The van der Waals surface area contributed by atoms with Crippen molar-refractivity contribution in [3.8, 4) is 17.2 Å². The van der Waals surface area contributed by atoms with Crippen molar-refractivity contribution in [2.45, 2.75) is 95.0 Å². The van der Waals surface area contributed by atoms with Crippen molar-refractivity contribution in [3.63, 3.8) is 0 Å². The number of hydrogen-bond donors (Lipinski definition) is 5. The predicted octanol–water partition coefficient (Wildman–Crippen LogP) is 3.54. The van der Waals surface area contributed by atoms with Crippen LogP contribution in [0, 0.1) is 5.92 Å². The number of aliphatic hydroxyl groups excluding tert-OH is 2. The monoisotopic (exact) mass is 679 g/mol. The van der Waals surface area contributed by atoms with Gasteiger partial charge >= 0.3 is 6.09 Å². The Labute approximate surface area is 282 Å². The van der Waals surface area contributed by atoms with Gasteiger partial charge in [-0.3, -0.25) is 14.4 Å². The summed E-state index contributed by atoms with van der Waals surface area (Å²) in [4.78, 5) is 53.3. The number of carbonyl (C=O) groups is 4. The Bertz CT molecular complexity index is 1680. The average Bonchev–Trinajstić information content (AvgIpc) is 3.07. The Balaban J connectivity index is 1.31. The lowest BCUT2D eigenvalue weighted by Crippen LogP contribution is -2.55. The molecule has 0 bridgehead atoms. The van der Waals surface area contributed by atoms with Gasteiger partial charge in [0.05, 0.1) is 42.0 Å². The molecule has 7 atom stereocenters. The number of hydrogen-bond acceptors (Lipinski definition) is 12. The van der Waals surface area contributed by atoms with Crippen LogP contribution in [0.3, 0.4) is 0 Å². The van der Waals surface area contributed by atoms with Gasteiger partial charge in [-0.05, 0) is 57.6 Å². The van der Waals surface area contributed by atoms with Gasteiger partial charge in [-0.1, -0.05) is 24.6 Å². The molecule has 1 amide bonds. The SMILES string of the molecule is COc1cccc2c1C(=O)c1c(O)c3c(c(O)c1C2=O)C[C@@H](C(=O)CO)C[C@@H]3O[C@H]1CC(NC(=O)OC2/C=C/CCCCC2)C(O)C(C)O1. The van der Waals surface area contributed by atoms with Gasteiger partial charge in [0.25, 0.3) is 0 Å². The fraction of sp³-hybridized carbons (Fsp3) is 0.500. The normalized spacial score (nSPS) is 28.6. The number of allylic oxidation sites excluding steroid dienone is 1. The van der Waals surface area contributed by atoms with Crippen molar-refractivity contribution in [3.05, 3.63) is 63.7 Å². The van der Waals surface area contributed by atoms with Crippen LogP contribution in [0.1, 0.15) is 101 Å². The summed E-state index contributed by atoms with van der Waals surface area (Å²) in [6.07, 6.45) is 2.93. The molecule has 4 aliphatic rings. The molecule has 2 aromatic carbocycles. The molecule has 1 aliphatic heterocycles. The molecule has 0 aromatic heterocycles. The van der Waals surface area contributed by atoms with Crippen molar-refractivity contribution in [1.82, 2.24) is 5.32 Å². The number of fused-ring (bicyclic) bond motifs is 3. The molecule has 0 radical (unpaired) electrons. The second-order valence-corrected chi connectivity index (χ2v) is 13.0. The lowest BCUT2D eigenvalue weighted by Gasteiger charge is -2.41. The number of rotatable bonds is 7. The van der Waals surface area contributed by atoms with Crippen molar-refractivity contribution in [2.24, 2.45) is 5.92 Å². The highest BCUT2D eigenvalue weighted by Gasteiger charge is 2.45. The second-order valence-electron chi connectivity index (χ2n) is 13.0. The van der Waals surface area contributed by atoms with E-state index >= 15 is 0 Å². The summed E-state index contributed by atoms with van der Waals surface area (Å²) in [7, 11) is 1.34. The molecule has 1 fully saturated rings. The van der Waals surface area contributed by atoms with Gasteiger partial charge in [0.2, 0.25) is 5.78 Å². The van der Waals surface area contributed by atoms with E-state index in [1.807, 2.05) is 12.2 Å². The minimum absolute atomic E-state index is 0.0000933. The zero-order chi connectivity index (χ0) is 35.0. The van der Waals surface area contributed by atoms with E-state index in [4.69, 9.17) is 18.9 Å². The standard InChI is InChI=1S/C36H41NO12/c1-17-31(40)22(37-36(45)48-19-9-6-4-3-5-7-10-19)15-26(47-17)49-25-14-18(23(39)16-38)13-21-28(25)35(44)30-29(33(21)42)32(41)20-11-8-12-24(46-2)27(20)34(30)43/h6,8-9,11-12,17-19,22,25-26,31,38,40,42,44H,3-5,7,10,13-16H2,1-2H3,(H,37,45)/b9-6+/t17?,18-,19?,22?,25+,26+,31?/m1/s1. The number of methoxy groups -OCH3 is 1. The summed E-state index contributed by atoms with van der Waals surface area (Å²) >= 11 is 0. The molecule has 1 saturated heterocycles. The van der Waals surface area contributed by atoms with Gasteiger partial charge in [0.1, 0.15) is 36.1 Å². The molecule has 2 aromatic rings. The topological polar surface area (TPSA) is 198 Å². The summed E-state index contributed by atoms with van der Waals surface area (Å²) in [5.74, 6) is -3.92. The van der Waals surface area contributed by atoms with E-state index in [0.717, 1.165) is 25.7 Å². The first-order chi connectivity index (χ1) is 23.5. The molecule has 6 rings (SSSR count). The van der Waals surface area contributed by atoms with Crippen LogP contribution in [0.4, 0.5) is 4.79 Å². The predicted molar refractivity (Wildman–Crippen MR) is 172 cm³/mol. The molecule has 262 valence electrons. The van der Waals surface area contributed by atoms with E-state index in [9.17, 15) is 39.6 Å². The number of nitrogens with one attached hydrogen (secondary N) is 1. The lowest BCUT2D eigenvalue weighted by molar-refractivity contribution is -0.245. The number of phenols is 2. The molecular formula is C36H41NO12. The Morgan fingerprint density at radius 3 is 2.55 bits per heavy atom. The van der Waals surface area contributed by atoms with Crippen LogP contribution in [-0.4, -0.2) is 88.2 Å². The summed E-state index contributed by atoms with van der Waals surface area (Å²) in [6.45, 7) is 0.807.